The topological polar surface area (TPSA) is 29.5 Å². The highest BCUT2D eigenvalue weighted by molar-refractivity contribution is 5.35. The van der Waals surface area contributed by atoms with E-state index in [1.165, 1.54) is 12.1 Å². The Balaban J connectivity index is 2.16. The van der Waals surface area contributed by atoms with Crippen LogP contribution in [0.4, 0.5) is 4.39 Å². The Hall–Kier alpha value is -1.09. The van der Waals surface area contributed by atoms with Gasteiger partial charge in [0, 0.05) is 12.5 Å². The largest absolute Gasteiger partial charge is 0.490 e. The SMILES string of the molecule is CC(CO)[C@@H]1CCc2cc(F)ccc2O1. The van der Waals surface area contributed by atoms with Gasteiger partial charge in [-0.2, -0.15) is 0 Å². The van der Waals surface area contributed by atoms with E-state index in [2.05, 4.69) is 0 Å². The van der Waals surface area contributed by atoms with E-state index in [0.717, 1.165) is 24.2 Å². The number of hydrogen-bond acceptors (Lipinski definition) is 2. The molecule has 1 aliphatic heterocycles. The second-order valence-corrected chi connectivity index (χ2v) is 4.11. The molecule has 1 N–H and O–H groups in total. The molecule has 3 heteroatoms. The second kappa shape index (κ2) is 4.19. The average molecular weight is 210 g/mol. The van der Waals surface area contributed by atoms with Gasteiger partial charge in [0.05, 0.1) is 0 Å². The lowest BCUT2D eigenvalue weighted by atomic mass is 9.95. The molecule has 2 nitrogen and oxygen atoms in total. The molecular formula is C12H15FO2. The van der Waals surface area contributed by atoms with Crippen LogP contribution in [0.15, 0.2) is 18.2 Å². The molecule has 0 aromatic heterocycles. The quantitative estimate of drug-likeness (QED) is 0.810. The Labute approximate surface area is 88.7 Å². The molecule has 0 saturated heterocycles. The molecule has 0 bridgehead atoms. The van der Waals surface area contributed by atoms with Gasteiger partial charge in [0.25, 0.3) is 0 Å². The van der Waals surface area contributed by atoms with Crippen molar-refractivity contribution < 1.29 is 14.2 Å². The molecule has 0 fully saturated rings. The molecule has 1 heterocycles. The summed E-state index contributed by atoms with van der Waals surface area (Å²) in [5.74, 6) is 0.669. The first kappa shape index (κ1) is 10.4. The van der Waals surface area contributed by atoms with Gasteiger partial charge in [-0.15, -0.1) is 0 Å². The van der Waals surface area contributed by atoms with Crippen molar-refractivity contribution in [2.24, 2.45) is 5.92 Å². The van der Waals surface area contributed by atoms with Crippen LogP contribution in [-0.4, -0.2) is 17.8 Å². The molecular weight excluding hydrogens is 195 g/mol. The van der Waals surface area contributed by atoms with Crippen molar-refractivity contribution in [1.82, 2.24) is 0 Å². The summed E-state index contributed by atoms with van der Waals surface area (Å²) in [4.78, 5) is 0. The summed E-state index contributed by atoms with van der Waals surface area (Å²) < 4.78 is 18.6. The maximum absolute atomic E-state index is 12.9. The summed E-state index contributed by atoms with van der Waals surface area (Å²) in [6.45, 7) is 2.08. The number of rotatable bonds is 2. The lowest BCUT2D eigenvalue weighted by Crippen LogP contribution is -2.31. The zero-order valence-corrected chi connectivity index (χ0v) is 8.74. The van der Waals surface area contributed by atoms with Crippen LogP contribution >= 0.6 is 0 Å². The maximum Gasteiger partial charge on any atom is 0.123 e. The molecule has 1 aromatic carbocycles. The van der Waals surface area contributed by atoms with Crippen LogP contribution in [0.2, 0.25) is 0 Å². The van der Waals surface area contributed by atoms with Crippen molar-refractivity contribution in [2.45, 2.75) is 25.9 Å². The third kappa shape index (κ3) is 2.12. The van der Waals surface area contributed by atoms with E-state index in [9.17, 15) is 4.39 Å². The van der Waals surface area contributed by atoms with E-state index in [-0.39, 0.29) is 24.4 Å². The monoisotopic (exact) mass is 210 g/mol. The Morgan fingerprint density at radius 1 is 1.60 bits per heavy atom. The minimum absolute atomic E-state index is 0.0490. The number of ether oxygens (including phenoxy) is 1. The van der Waals surface area contributed by atoms with E-state index in [4.69, 9.17) is 9.84 Å². The molecule has 1 unspecified atom stereocenters. The van der Waals surface area contributed by atoms with Crippen molar-refractivity contribution in [2.75, 3.05) is 6.61 Å². The van der Waals surface area contributed by atoms with Gasteiger partial charge in [-0.05, 0) is 36.6 Å². The molecule has 1 aliphatic rings. The molecule has 1 aromatic rings. The van der Waals surface area contributed by atoms with Crippen LogP contribution in [-0.2, 0) is 6.42 Å². The van der Waals surface area contributed by atoms with E-state index in [1.54, 1.807) is 6.07 Å². The predicted octanol–water partition coefficient (Wildman–Crippen LogP) is 2.15. The summed E-state index contributed by atoms with van der Waals surface area (Å²) in [6, 6.07) is 4.60. The van der Waals surface area contributed by atoms with Gasteiger partial charge in [-0.1, -0.05) is 6.92 Å². The highest BCUT2D eigenvalue weighted by atomic mass is 19.1. The lowest BCUT2D eigenvalue weighted by Gasteiger charge is -2.29. The van der Waals surface area contributed by atoms with Crippen molar-refractivity contribution in [3.05, 3.63) is 29.6 Å². The predicted molar refractivity (Wildman–Crippen MR) is 55.4 cm³/mol. The van der Waals surface area contributed by atoms with Crippen LogP contribution in [0.3, 0.4) is 0 Å². The van der Waals surface area contributed by atoms with Gasteiger partial charge >= 0.3 is 0 Å². The zero-order valence-electron chi connectivity index (χ0n) is 8.74. The standard InChI is InChI=1S/C12H15FO2/c1-8(7-14)11-4-2-9-6-10(13)3-5-12(9)15-11/h3,5-6,8,11,14H,2,4,7H2,1H3/t8?,11-/m0/s1. The normalized spacial score (nSPS) is 21.7. The highest BCUT2D eigenvalue weighted by Crippen LogP contribution is 2.30. The molecule has 82 valence electrons. The maximum atomic E-state index is 12.9. The number of halogens is 1. The molecule has 15 heavy (non-hydrogen) atoms. The van der Waals surface area contributed by atoms with Crippen LogP contribution in [0.5, 0.6) is 5.75 Å². The first-order valence-corrected chi connectivity index (χ1v) is 5.26. The van der Waals surface area contributed by atoms with Crippen LogP contribution < -0.4 is 4.74 Å². The Morgan fingerprint density at radius 2 is 2.40 bits per heavy atom. The van der Waals surface area contributed by atoms with Gasteiger partial charge in [0.2, 0.25) is 0 Å². The van der Waals surface area contributed by atoms with Crippen molar-refractivity contribution in [3.8, 4) is 5.75 Å². The van der Waals surface area contributed by atoms with Gasteiger partial charge in [0.1, 0.15) is 17.7 Å². The average Bonchev–Trinajstić information content (AvgIpc) is 2.27. The van der Waals surface area contributed by atoms with Gasteiger partial charge in [-0.3, -0.25) is 0 Å². The lowest BCUT2D eigenvalue weighted by molar-refractivity contribution is 0.0800. The Bertz CT molecular complexity index is 351. The summed E-state index contributed by atoms with van der Waals surface area (Å²) in [5, 5.41) is 9.04. The smallest absolute Gasteiger partial charge is 0.123 e. The number of aliphatic hydroxyl groups excluding tert-OH is 1. The minimum Gasteiger partial charge on any atom is -0.490 e. The number of aryl methyl sites for hydroxylation is 1. The molecule has 0 radical (unpaired) electrons. The van der Waals surface area contributed by atoms with Crippen molar-refractivity contribution in [3.63, 3.8) is 0 Å². The molecule has 2 atom stereocenters. The van der Waals surface area contributed by atoms with Crippen molar-refractivity contribution >= 4 is 0 Å². The van der Waals surface area contributed by atoms with E-state index in [0.29, 0.717) is 0 Å². The fourth-order valence-corrected chi connectivity index (χ4v) is 1.90. The van der Waals surface area contributed by atoms with Crippen LogP contribution in [0, 0.1) is 11.7 Å². The van der Waals surface area contributed by atoms with Gasteiger partial charge in [-0.25, -0.2) is 4.39 Å². The molecule has 0 aliphatic carbocycles. The number of fused-ring (bicyclic) bond motifs is 1. The molecule has 2 rings (SSSR count). The number of aliphatic hydroxyl groups is 1. The fourth-order valence-electron chi connectivity index (χ4n) is 1.90. The van der Waals surface area contributed by atoms with Gasteiger partial charge in [0.15, 0.2) is 0 Å². The van der Waals surface area contributed by atoms with E-state index < -0.39 is 0 Å². The number of hydrogen-bond donors (Lipinski definition) is 1. The molecule has 0 spiro atoms. The van der Waals surface area contributed by atoms with E-state index >= 15 is 0 Å². The third-order valence-electron chi connectivity index (χ3n) is 2.92. The summed E-state index contributed by atoms with van der Waals surface area (Å²) in [5.41, 5.74) is 0.927. The highest BCUT2D eigenvalue weighted by Gasteiger charge is 2.24. The summed E-state index contributed by atoms with van der Waals surface area (Å²) >= 11 is 0. The Morgan fingerprint density at radius 3 is 3.13 bits per heavy atom. The molecule has 0 amide bonds. The fraction of sp³-hybridized carbons (Fsp3) is 0.500. The summed E-state index contributed by atoms with van der Waals surface area (Å²) in [7, 11) is 0. The first-order valence-electron chi connectivity index (χ1n) is 5.26. The first-order chi connectivity index (χ1) is 7.20. The third-order valence-corrected chi connectivity index (χ3v) is 2.92. The molecule has 0 saturated carbocycles. The Kier molecular flexibility index (Phi) is 2.91. The van der Waals surface area contributed by atoms with E-state index in [1.807, 2.05) is 6.92 Å². The number of benzene rings is 1. The van der Waals surface area contributed by atoms with Crippen LogP contribution in [0.25, 0.3) is 0 Å². The van der Waals surface area contributed by atoms with Crippen LogP contribution in [0.1, 0.15) is 18.9 Å². The minimum atomic E-state index is -0.217. The van der Waals surface area contributed by atoms with Gasteiger partial charge < -0.3 is 9.84 Å². The summed E-state index contributed by atoms with van der Waals surface area (Å²) in [6.07, 6.45) is 1.72. The second-order valence-electron chi connectivity index (χ2n) is 4.11. The zero-order chi connectivity index (χ0) is 10.8. The van der Waals surface area contributed by atoms with Crippen molar-refractivity contribution in [1.29, 1.82) is 0 Å².